The molecular weight excluding hydrogens is 614 g/mol. The smallest absolute Gasteiger partial charge is 0.000315 e. The van der Waals surface area contributed by atoms with E-state index >= 15 is 0 Å². The zero-order valence-electron chi connectivity index (χ0n) is 29.0. The van der Waals surface area contributed by atoms with Crippen molar-refractivity contribution in [2.75, 3.05) is 0 Å². The molecule has 0 nitrogen and oxygen atoms in total. The molecule has 238 valence electrons. The van der Waals surface area contributed by atoms with Crippen molar-refractivity contribution >= 4 is 58.4 Å². The highest BCUT2D eigenvalue weighted by atomic mass is 31.0. The van der Waals surface area contributed by atoms with Crippen LogP contribution < -0.4 is 0 Å². The summed E-state index contributed by atoms with van der Waals surface area (Å²) in [5.41, 5.74) is 11.3. The van der Waals surface area contributed by atoms with Crippen LogP contribution in [0.1, 0.15) is 74.9 Å². The van der Waals surface area contributed by atoms with Crippen LogP contribution in [-0.2, 0) is 23.7 Å². The normalized spacial score (nSPS) is 12.9. The Hall–Kier alpha value is -4.08. The zero-order chi connectivity index (χ0) is 33.2. The van der Waals surface area contributed by atoms with Gasteiger partial charge in [0.05, 0.1) is 0 Å². The number of fused-ring (bicyclic) bond motifs is 6. The van der Waals surface area contributed by atoms with E-state index in [1.54, 1.807) is 0 Å². The molecule has 2 atom stereocenters. The van der Waals surface area contributed by atoms with E-state index in [1.807, 2.05) is 0 Å². The molecule has 2 aromatic heterocycles. The largest absolute Gasteiger partial charge is 0.123 e. The minimum absolute atomic E-state index is 0.0496. The third-order valence-electron chi connectivity index (χ3n) is 10.2. The van der Waals surface area contributed by atoms with Crippen LogP contribution >= 0.6 is 16.4 Å². The molecule has 2 heterocycles. The number of hydrogen-bond donors (Lipinski definition) is 0. The quantitative estimate of drug-likeness (QED) is 0.173. The molecule has 0 radical (unpaired) electrons. The summed E-state index contributed by atoms with van der Waals surface area (Å²) in [6, 6.07) is 46.7. The Labute approximate surface area is 288 Å². The molecule has 0 fully saturated rings. The summed E-state index contributed by atoms with van der Waals surface area (Å²) in [7, 11) is 1.46. The zero-order valence-corrected chi connectivity index (χ0v) is 31.0. The van der Waals surface area contributed by atoms with E-state index < -0.39 is 0 Å². The van der Waals surface area contributed by atoms with Gasteiger partial charge in [0, 0.05) is 0 Å². The second kappa shape index (κ2) is 11.8. The molecule has 8 rings (SSSR count). The summed E-state index contributed by atoms with van der Waals surface area (Å²) in [6.07, 6.45) is 1.83. The summed E-state index contributed by atoms with van der Waals surface area (Å²) in [5.74, 6) is 0. The van der Waals surface area contributed by atoms with Gasteiger partial charge in [-0.3, -0.25) is 0 Å². The molecule has 8 aromatic rings. The minimum atomic E-state index is 0.0496. The fraction of sp³-hybridized carbons (Fsp3) is 0.217. The second-order valence-corrected chi connectivity index (χ2v) is 18.3. The summed E-state index contributed by atoms with van der Waals surface area (Å²) in [6.45, 7) is 14.0. The highest BCUT2D eigenvalue weighted by molar-refractivity contribution is 7.44. The first-order chi connectivity index (χ1) is 23.0. The number of hydrogen-bond acceptors (Lipinski definition) is 0. The summed E-state index contributed by atoms with van der Waals surface area (Å²) in [4.78, 5) is 0. The van der Waals surface area contributed by atoms with Gasteiger partial charge in [0.2, 0.25) is 0 Å². The summed E-state index contributed by atoms with van der Waals surface area (Å²) >= 11 is 0. The average Bonchev–Trinajstić information content (AvgIpc) is 3.64. The Morgan fingerprint density at radius 3 is 1.21 bits per heavy atom. The van der Waals surface area contributed by atoms with Crippen LogP contribution in [0.4, 0.5) is 0 Å². The first-order valence-corrected chi connectivity index (χ1v) is 19.3. The van der Waals surface area contributed by atoms with E-state index in [9.17, 15) is 0 Å². The summed E-state index contributed by atoms with van der Waals surface area (Å²) in [5, 5.41) is 11.7. The fourth-order valence-electron chi connectivity index (χ4n) is 7.56. The van der Waals surface area contributed by atoms with Gasteiger partial charge in [0.25, 0.3) is 0 Å². The van der Waals surface area contributed by atoms with Crippen molar-refractivity contribution in [3.63, 3.8) is 0 Å². The molecule has 2 heteroatoms. The van der Waals surface area contributed by atoms with E-state index in [4.69, 9.17) is 0 Å². The third-order valence-corrected chi connectivity index (χ3v) is 13.0. The molecule has 0 N–H and O–H groups in total. The molecule has 48 heavy (non-hydrogen) atoms. The van der Waals surface area contributed by atoms with Gasteiger partial charge in [0.1, 0.15) is 0 Å². The van der Waals surface area contributed by atoms with Crippen LogP contribution in [0.2, 0.25) is 0 Å². The van der Waals surface area contributed by atoms with E-state index in [0.717, 1.165) is 29.2 Å². The van der Waals surface area contributed by atoms with Crippen molar-refractivity contribution in [2.45, 2.75) is 65.2 Å². The topological polar surface area (TPSA) is 0 Å². The Morgan fingerprint density at radius 2 is 0.792 bits per heavy atom. The van der Waals surface area contributed by atoms with Crippen molar-refractivity contribution in [2.24, 2.45) is 0 Å². The highest BCUT2D eigenvalue weighted by Gasteiger charge is 2.22. The van der Waals surface area contributed by atoms with Gasteiger partial charge < -0.3 is 0 Å². The van der Waals surface area contributed by atoms with E-state index in [1.165, 1.54) is 86.5 Å². The minimum Gasteiger partial charge on any atom is -0.123 e. The molecule has 0 aliphatic carbocycles. The molecule has 2 unspecified atom stereocenters. The Morgan fingerprint density at radius 1 is 0.396 bits per heavy atom. The van der Waals surface area contributed by atoms with Gasteiger partial charge in [-0.05, 0) is 110 Å². The first kappa shape index (κ1) is 31.2. The Kier molecular flexibility index (Phi) is 7.68. The maximum absolute atomic E-state index is 2.52. The molecule has 0 aliphatic heterocycles. The van der Waals surface area contributed by atoms with Crippen molar-refractivity contribution in [3.05, 3.63) is 155 Å². The third kappa shape index (κ3) is 5.60. The molecular formula is C46H44P2. The molecule has 6 aromatic carbocycles. The molecule has 0 bridgehead atoms. The van der Waals surface area contributed by atoms with E-state index in [0.29, 0.717) is 0 Å². The molecule has 0 saturated heterocycles. The van der Waals surface area contributed by atoms with Gasteiger partial charge in [-0.15, -0.1) is 16.4 Å². The molecule has 0 spiro atoms. The van der Waals surface area contributed by atoms with Crippen LogP contribution in [0.15, 0.2) is 121 Å². The van der Waals surface area contributed by atoms with Crippen molar-refractivity contribution in [3.8, 4) is 11.1 Å². The van der Waals surface area contributed by atoms with Gasteiger partial charge in [0.15, 0.2) is 0 Å². The maximum atomic E-state index is 2.52. The monoisotopic (exact) mass is 658 g/mol. The number of benzene rings is 6. The SMILES string of the molecule is CC(C)(C)c1ccc(Cc2cccc3[pH]c4ccccc4c23)c(-c2cc(C(C)(C)C)ccc2Cc2cccc3[pH]c4ccccc4c23)c1. The summed E-state index contributed by atoms with van der Waals surface area (Å²) < 4.78 is 0. The first-order valence-electron chi connectivity index (χ1n) is 17.3. The number of rotatable bonds is 5. The predicted molar refractivity (Wildman–Crippen MR) is 217 cm³/mol. The van der Waals surface area contributed by atoms with Crippen molar-refractivity contribution < 1.29 is 0 Å². The van der Waals surface area contributed by atoms with Crippen LogP contribution in [0, 0.1) is 0 Å². The highest BCUT2D eigenvalue weighted by Crippen LogP contribution is 2.44. The fourth-order valence-corrected chi connectivity index (χ4v) is 10.4. The van der Waals surface area contributed by atoms with Crippen LogP contribution in [0.5, 0.6) is 0 Å². The second-order valence-electron chi connectivity index (χ2n) is 15.6. The van der Waals surface area contributed by atoms with Gasteiger partial charge >= 0.3 is 0 Å². The van der Waals surface area contributed by atoms with Crippen LogP contribution in [-0.4, -0.2) is 0 Å². The van der Waals surface area contributed by atoms with E-state index in [2.05, 4.69) is 163 Å². The molecule has 0 saturated carbocycles. The maximum Gasteiger partial charge on any atom is -0.000315 e. The lowest BCUT2D eigenvalue weighted by molar-refractivity contribution is 0.589. The lowest BCUT2D eigenvalue weighted by atomic mass is 9.79. The molecule has 0 amide bonds. The predicted octanol–water partition coefficient (Wildman–Crippen LogP) is 13.8. The van der Waals surface area contributed by atoms with Crippen LogP contribution in [0.3, 0.4) is 0 Å². The standard InChI is InChI=1S/C46H44P2/c1-45(2,3)33-23-21-29(25-31-13-11-19-41-43(31)35-15-7-9-17-39(35)47-41)37(27-33)38-28-34(46(4,5)6)24-22-30(38)26-32-14-12-20-42-44(32)36-16-8-10-18-40(36)48-42/h7-24,27-28,47-48H,25-26H2,1-6H3. The van der Waals surface area contributed by atoms with Gasteiger partial charge in [-0.2, -0.15) is 0 Å². The van der Waals surface area contributed by atoms with E-state index in [-0.39, 0.29) is 10.8 Å². The molecule has 0 aliphatic rings. The lowest BCUT2D eigenvalue weighted by Crippen LogP contribution is -2.13. The lowest BCUT2D eigenvalue weighted by Gasteiger charge is -2.25. The van der Waals surface area contributed by atoms with Crippen LogP contribution in [0.25, 0.3) is 53.1 Å². The van der Waals surface area contributed by atoms with Crippen molar-refractivity contribution in [1.29, 1.82) is 0 Å². The van der Waals surface area contributed by atoms with Gasteiger partial charge in [-0.1, -0.05) is 163 Å². The Balaban J connectivity index is 1.34. The average molecular weight is 659 g/mol. The van der Waals surface area contributed by atoms with Crippen molar-refractivity contribution in [1.82, 2.24) is 0 Å². The van der Waals surface area contributed by atoms with Gasteiger partial charge in [-0.25, -0.2) is 0 Å². The Bertz CT molecular complexity index is 2300.